The van der Waals surface area contributed by atoms with Crippen LogP contribution in [0.25, 0.3) is 6.08 Å². The SMILES string of the molecule is CC(=O)N1CCCC(NC(=N)/C=C\c2nnc(Cc3ccc(O)cc3)[nH]2)C1. The van der Waals surface area contributed by atoms with Crippen LogP contribution in [0.15, 0.2) is 30.3 Å². The molecule has 1 aromatic carbocycles. The molecule has 27 heavy (non-hydrogen) atoms. The Bertz CT molecular complexity index is 827. The van der Waals surface area contributed by atoms with Gasteiger partial charge < -0.3 is 20.3 Å². The first-order chi connectivity index (χ1) is 13.0. The average molecular weight is 368 g/mol. The van der Waals surface area contributed by atoms with Gasteiger partial charge in [0.2, 0.25) is 5.91 Å². The van der Waals surface area contributed by atoms with Crippen molar-refractivity contribution in [1.82, 2.24) is 25.4 Å². The molecule has 0 radical (unpaired) electrons. The molecule has 8 heteroatoms. The van der Waals surface area contributed by atoms with Crippen molar-refractivity contribution in [2.45, 2.75) is 32.2 Å². The van der Waals surface area contributed by atoms with Crippen molar-refractivity contribution < 1.29 is 9.90 Å². The van der Waals surface area contributed by atoms with E-state index in [-0.39, 0.29) is 23.5 Å². The second-order valence-corrected chi connectivity index (χ2v) is 6.70. The maximum Gasteiger partial charge on any atom is 0.219 e. The molecule has 142 valence electrons. The third-order valence-corrected chi connectivity index (χ3v) is 4.49. The molecule has 1 unspecified atom stereocenters. The van der Waals surface area contributed by atoms with Gasteiger partial charge in [-0.05, 0) is 42.7 Å². The second kappa shape index (κ2) is 8.48. The number of amides is 1. The fraction of sp³-hybridized carbons (Fsp3) is 0.368. The Kier molecular flexibility index (Phi) is 5.85. The zero-order valence-corrected chi connectivity index (χ0v) is 15.3. The Morgan fingerprint density at radius 2 is 2.19 bits per heavy atom. The van der Waals surface area contributed by atoms with Crippen LogP contribution < -0.4 is 5.32 Å². The second-order valence-electron chi connectivity index (χ2n) is 6.70. The minimum atomic E-state index is 0.0754. The number of phenolic OH excluding ortho intramolecular Hbond substituents is 1. The number of phenols is 1. The molecule has 2 aromatic rings. The summed E-state index contributed by atoms with van der Waals surface area (Å²) in [7, 11) is 0. The Labute approximate surface area is 157 Å². The number of H-pyrrole nitrogens is 1. The zero-order valence-electron chi connectivity index (χ0n) is 15.3. The first kappa shape index (κ1) is 18.6. The van der Waals surface area contributed by atoms with Gasteiger partial charge in [0.1, 0.15) is 17.4 Å². The number of benzene rings is 1. The molecule has 1 aromatic heterocycles. The van der Waals surface area contributed by atoms with Crippen molar-refractivity contribution in [3.8, 4) is 5.75 Å². The van der Waals surface area contributed by atoms with Crippen LogP contribution in [0.4, 0.5) is 0 Å². The summed E-state index contributed by atoms with van der Waals surface area (Å²) in [6.07, 6.45) is 5.81. The number of aromatic nitrogens is 3. The lowest BCUT2D eigenvalue weighted by molar-refractivity contribution is -0.130. The molecule has 0 spiro atoms. The number of carbonyl (C=O) groups is 1. The standard InChI is InChI=1S/C19H24N6O2/c1-13(26)25-10-2-3-15(12-25)21-17(20)8-9-18-22-19(24-23-18)11-14-4-6-16(27)7-5-14/h4-9,15,27H,2-3,10-12H2,1H3,(H2,20,21)(H,22,23,24)/b9-8-. The van der Waals surface area contributed by atoms with E-state index in [4.69, 9.17) is 5.41 Å². The fourth-order valence-corrected chi connectivity index (χ4v) is 3.09. The number of nitrogens with one attached hydrogen (secondary N) is 3. The summed E-state index contributed by atoms with van der Waals surface area (Å²) in [6, 6.07) is 7.04. The van der Waals surface area contributed by atoms with Crippen LogP contribution in [0.2, 0.25) is 0 Å². The molecule has 1 amide bonds. The van der Waals surface area contributed by atoms with Gasteiger partial charge in [-0.1, -0.05) is 12.1 Å². The van der Waals surface area contributed by atoms with Crippen molar-refractivity contribution in [2.24, 2.45) is 0 Å². The molecule has 4 N–H and O–H groups in total. The number of aromatic hydroxyl groups is 1. The maximum absolute atomic E-state index is 11.5. The quantitative estimate of drug-likeness (QED) is 0.473. The van der Waals surface area contributed by atoms with E-state index < -0.39 is 0 Å². The lowest BCUT2D eigenvalue weighted by Crippen LogP contribution is -2.48. The smallest absolute Gasteiger partial charge is 0.219 e. The normalized spacial score (nSPS) is 17.2. The molecule has 1 fully saturated rings. The highest BCUT2D eigenvalue weighted by Gasteiger charge is 2.21. The van der Waals surface area contributed by atoms with Crippen LogP contribution in [-0.2, 0) is 11.2 Å². The van der Waals surface area contributed by atoms with Crippen molar-refractivity contribution in [1.29, 1.82) is 5.41 Å². The van der Waals surface area contributed by atoms with E-state index in [1.54, 1.807) is 31.2 Å². The molecule has 1 aliphatic rings. The van der Waals surface area contributed by atoms with Crippen molar-refractivity contribution in [2.75, 3.05) is 13.1 Å². The highest BCUT2D eigenvalue weighted by Crippen LogP contribution is 2.12. The molecular formula is C19H24N6O2. The molecule has 3 rings (SSSR count). The Morgan fingerprint density at radius 1 is 1.41 bits per heavy atom. The van der Waals surface area contributed by atoms with Gasteiger partial charge in [0.25, 0.3) is 0 Å². The predicted molar refractivity (Wildman–Crippen MR) is 102 cm³/mol. The molecule has 1 atom stereocenters. The number of amidine groups is 1. The monoisotopic (exact) mass is 368 g/mol. The topological polar surface area (TPSA) is 118 Å². The largest absolute Gasteiger partial charge is 0.508 e. The van der Waals surface area contributed by atoms with Crippen LogP contribution in [-0.4, -0.2) is 56.1 Å². The van der Waals surface area contributed by atoms with Gasteiger partial charge in [0.05, 0.1) is 0 Å². The number of nitrogens with zero attached hydrogens (tertiary/aromatic N) is 3. The highest BCUT2D eigenvalue weighted by atomic mass is 16.3. The van der Waals surface area contributed by atoms with E-state index in [0.29, 0.717) is 24.6 Å². The van der Waals surface area contributed by atoms with Gasteiger partial charge in [-0.15, -0.1) is 10.2 Å². The molecule has 1 saturated heterocycles. The molecular weight excluding hydrogens is 344 g/mol. The molecule has 0 bridgehead atoms. The molecule has 2 heterocycles. The zero-order chi connectivity index (χ0) is 19.2. The summed E-state index contributed by atoms with van der Waals surface area (Å²) in [5.41, 5.74) is 1.02. The first-order valence-electron chi connectivity index (χ1n) is 8.98. The van der Waals surface area contributed by atoms with Crippen LogP contribution in [0, 0.1) is 5.41 Å². The molecule has 8 nitrogen and oxygen atoms in total. The van der Waals surface area contributed by atoms with E-state index in [1.165, 1.54) is 0 Å². The number of likely N-dealkylation sites (tertiary alicyclic amines) is 1. The third-order valence-electron chi connectivity index (χ3n) is 4.49. The van der Waals surface area contributed by atoms with Gasteiger partial charge >= 0.3 is 0 Å². The summed E-state index contributed by atoms with van der Waals surface area (Å²) in [5, 5.41) is 28.7. The van der Waals surface area contributed by atoms with Crippen molar-refractivity contribution in [3.63, 3.8) is 0 Å². The maximum atomic E-state index is 11.5. The first-order valence-corrected chi connectivity index (χ1v) is 8.98. The van der Waals surface area contributed by atoms with E-state index in [9.17, 15) is 9.90 Å². The van der Waals surface area contributed by atoms with Gasteiger partial charge in [-0.25, -0.2) is 0 Å². The van der Waals surface area contributed by atoms with Gasteiger partial charge in [-0.2, -0.15) is 0 Å². The Morgan fingerprint density at radius 3 is 2.93 bits per heavy atom. The lowest BCUT2D eigenvalue weighted by Gasteiger charge is -2.32. The summed E-state index contributed by atoms with van der Waals surface area (Å²) >= 11 is 0. The lowest BCUT2D eigenvalue weighted by atomic mass is 10.1. The van der Waals surface area contributed by atoms with E-state index in [1.807, 2.05) is 17.0 Å². The predicted octanol–water partition coefficient (Wildman–Crippen LogP) is 1.69. The molecule has 0 saturated carbocycles. The van der Waals surface area contributed by atoms with E-state index >= 15 is 0 Å². The van der Waals surface area contributed by atoms with Crippen LogP contribution in [0.1, 0.15) is 37.0 Å². The summed E-state index contributed by atoms with van der Waals surface area (Å²) in [5.74, 6) is 1.87. The summed E-state index contributed by atoms with van der Waals surface area (Å²) < 4.78 is 0. The number of carbonyl (C=O) groups excluding carboxylic acids is 1. The van der Waals surface area contributed by atoms with Gasteiger partial charge in [0.15, 0.2) is 5.82 Å². The van der Waals surface area contributed by atoms with Crippen LogP contribution >= 0.6 is 0 Å². The van der Waals surface area contributed by atoms with Gasteiger partial charge in [0, 0.05) is 32.5 Å². The highest BCUT2D eigenvalue weighted by molar-refractivity contribution is 5.93. The third kappa shape index (κ3) is 5.40. The van der Waals surface area contributed by atoms with Crippen LogP contribution in [0.5, 0.6) is 5.75 Å². The van der Waals surface area contributed by atoms with E-state index in [2.05, 4.69) is 20.5 Å². The van der Waals surface area contributed by atoms with Gasteiger partial charge in [-0.3, -0.25) is 10.2 Å². The Balaban J connectivity index is 1.52. The number of rotatable bonds is 5. The fourth-order valence-electron chi connectivity index (χ4n) is 3.09. The van der Waals surface area contributed by atoms with Crippen LogP contribution in [0.3, 0.4) is 0 Å². The Hall–Kier alpha value is -3.16. The number of piperidine rings is 1. The minimum absolute atomic E-state index is 0.0754. The number of hydrogen-bond acceptors (Lipinski definition) is 5. The number of hydrogen-bond donors (Lipinski definition) is 4. The summed E-state index contributed by atoms with van der Waals surface area (Å²) in [4.78, 5) is 16.4. The minimum Gasteiger partial charge on any atom is -0.508 e. The van der Waals surface area contributed by atoms with Crippen molar-refractivity contribution >= 4 is 17.8 Å². The molecule has 1 aliphatic heterocycles. The summed E-state index contributed by atoms with van der Waals surface area (Å²) in [6.45, 7) is 3.00. The van der Waals surface area contributed by atoms with E-state index in [0.717, 1.165) is 24.9 Å². The number of aromatic amines is 1. The van der Waals surface area contributed by atoms with Crippen molar-refractivity contribution in [3.05, 3.63) is 47.6 Å². The molecule has 0 aliphatic carbocycles. The average Bonchev–Trinajstić information content (AvgIpc) is 3.09.